The zero-order valence-electron chi connectivity index (χ0n) is 18.6. The lowest BCUT2D eigenvalue weighted by Crippen LogP contribution is -2.45. The average molecular weight is 439 g/mol. The first-order valence-electron chi connectivity index (χ1n) is 10.7. The Bertz CT molecular complexity index is 1500. The Morgan fingerprint density at radius 3 is 2.30 bits per heavy atom. The van der Waals surface area contributed by atoms with Gasteiger partial charge in [-0.3, -0.25) is 9.97 Å². The molecule has 0 fully saturated rings. The molecule has 4 aromatic heterocycles. The predicted octanol–water partition coefficient (Wildman–Crippen LogP) is 3.24. The highest BCUT2D eigenvalue weighted by atomic mass is 16.2. The normalized spacial score (nSPS) is 12.2. The van der Waals surface area contributed by atoms with E-state index in [0.29, 0.717) is 11.3 Å². The summed E-state index contributed by atoms with van der Waals surface area (Å²) >= 11 is 0. The van der Waals surface area contributed by atoms with Crippen LogP contribution in [-0.2, 0) is 0 Å². The molecule has 0 aliphatic heterocycles. The zero-order chi connectivity index (χ0) is 23.1. The smallest absolute Gasteiger partial charge is 0.319 e. The number of nitrogens with two attached hydrogens (primary N) is 1. The third-order valence-electron chi connectivity index (χ3n) is 5.77. The fraction of sp³-hybridized carbons (Fsp3) is 0.160. The number of aromatic amines is 1. The minimum Gasteiger partial charge on any atom is -0.319 e. The van der Waals surface area contributed by atoms with Crippen molar-refractivity contribution in [2.24, 2.45) is 0 Å². The summed E-state index contributed by atoms with van der Waals surface area (Å²) in [7, 11) is 0. The number of hydrogen-bond acceptors (Lipinski definition) is 5. The molecule has 4 heterocycles. The van der Waals surface area contributed by atoms with Crippen LogP contribution >= 0.6 is 0 Å². The molecule has 0 bridgehead atoms. The van der Waals surface area contributed by atoms with Crippen molar-refractivity contribution in [1.29, 1.82) is 0 Å². The number of benzene rings is 1. The minimum absolute atomic E-state index is 0.122. The molecule has 0 unspecified atom stereocenters. The van der Waals surface area contributed by atoms with E-state index in [-0.39, 0.29) is 17.7 Å². The Balaban J connectivity index is 1.86. The largest absolute Gasteiger partial charge is 0.428 e. The van der Waals surface area contributed by atoms with Crippen LogP contribution in [0.3, 0.4) is 0 Å². The van der Waals surface area contributed by atoms with Crippen molar-refractivity contribution in [1.82, 2.24) is 24.7 Å². The van der Waals surface area contributed by atoms with E-state index in [9.17, 15) is 4.79 Å². The topological polar surface area (TPSA) is 107 Å². The lowest BCUT2D eigenvalue weighted by atomic mass is 9.99. The minimum atomic E-state index is -0.289. The maximum absolute atomic E-state index is 13.5. The van der Waals surface area contributed by atoms with E-state index in [1.165, 1.54) is 4.40 Å². The molecule has 3 N–H and O–H groups in total. The second-order valence-electron chi connectivity index (χ2n) is 8.10. The Labute approximate surface area is 190 Å². The van der Waals surface area contributed by atoms with Gasteiger partial charge in [0.05, 0.1) is 5.56 Å². The van der Waals surface area contributed by atoms with Crippen molar-refractivity contribution in [3.05, 3.63) is 94.4 Å². The number of fused-ring (bicyclic) bond motifs is 1. The van der Waals surface area contributed by atoms with Crippen molar-refractivity contribution >= 4 is 11.6 Å². The van der Waals surface area contributed by atoms with Gasteiger partial charge >= 0.3 is 11.6 Å². The Hall–Kier alpha value is -4.33. The quantitative estimate of drug-likeness (QED) is 0.419. The van der Waals surface area contributed by atoms with Gasteiger partial charge in [-0.05, 0) is 56.2 Å². The second kappa shape index (κ2) is 7.98. The first-order valence-corrected chi connectivity index (χ1v) is 10.7. The van der Waals surface area contributed by atoms with E-state index in [2.05, 4.69) is 15.1 Å². The summed E-state index contributed by atoms with van der Waals surface area (Å²) in [6.07, 6.45) is 3.42. The molecule has 0 saturated carbocycles. The maximum Gasteiger partial charge on any atom is 0.428 e. The molecule has 8 heteroatoms. The zero-order valence-corrected chi connectivity index (χ0v) is 18.6. The van der Waals surface area contributed by atoms with Gasteiger partial charge in [-0.2, -0.15) is 4.68 Å². The molecular weight excluding hydrogens is 414 g/mol. The SMILES string of the molecule is Cc1cc(-c2c(-c3ccccc3)nc(N)[n+]3c(=O)n([C@H](C)c4ccncc4)[nH]c23)cc(C)n1. The molecule has 0 radical (unpaired) electrons. The van der Waals surface area contributed by atoms with Gasteiger partial charge in [0.15, 0.2) is 0 Å². The molecule has 0 amide bonds. The van der Waals surface area contributed by atoms with Crippen LogP contribution in [0.4, 0.5) is 5.95 Å². The molecule has 5 aromatic rings. The molecule has 1 atom stereocenters. The second-order valence-corrected chi connectivity index (χ2v) is 8.10. The van der Waals surface area contributed by atoms with E-state index in [1.54, 1.807) is 17.1 Å². The monoisotopic (exact) mass is 438 g/mol. The molecule has 33 heavy (non-hydrogen) atoms. The summed E-state index contributed by atoms with van der Waals surface area (Å²) in [6, 6.07) is 17.3. The third-order valence-corrected chi connectivity index (χ3v) is 5.77. The molecule has 1 aromatic carbocycles. The summed E-state index contributed by atoms with van der Waals surface area (Å²) in [4.78, 5) is 26.8. The van der Waals surface area contributed by atoms with E-state index in [0.717, 1.165) is 33.6 Å². The summed E-state index contributed by atoms with van der Waals surface area (Å²) in [6.45, 7) is 5.86. The van der Waals surface area contributed by atoms with E-state index in [4.69, 9.17) is 10.7 Å². The number of aromatic nitrogens is 6. The van der Waals surface area contributed by atoms with Gasteiger partial charge < -0.3 is 5.73 Å². The number of pyridine rings is 2. The molecule has 5 rings (SSSR count). The molecule has 164 valence electrons. The van der Waals surface area contributed by atoms with Crippen molar-refractivity contribution < 1.29 is 4.40 Å². The number of nitrogen functional groups attached to an aromatic ring is 1. The molecular formula is C25H24N7O+. The number of H-pyrrole nitrogens is 1. The van der Waals surface area contributed by atoms with E-state index in [1.807, 2.05) is 75.4 Å². The highest BCUT2D eigenvalue weighted by Gasteiger charge is 2.28. The van der Waals surface area contributed by atoms with Crippen molar-refractivity contribution in [3.8, 4) is 22.4 Å². The molecule has 0 aliphatic carbocycles. The molecule has 8 nitrogen and oxygen atoms in total. The van der Waals surface area contributed by atoms with Gasteiger partial charge in [-0.15, -0.1) is 9.38 Å². The van der Waals surface area contributed by atoms with Crippen LogP contribution in [0.15, 0.2) is 71.8 Å². The molecule has 0 saturated heterocycles. The first-order chi connectivity index (χ1) is 15.9. The van der Waals surface area contributed by atoms with E-state index < -0.39 is 0 Å². The lowest BCUT2D eigenvalue weighted by Gasteiger charge is -2.10. The maximum atomic E-state index is 13.5. The van der Waals surface area contributed by atoms with Crippen LogP contribution in [0.5, 0.6) is 0 Å². The van der Waals surface area contributed by atoms with Crippen molar-refractivity contribution in [2.75, 3.05) is 5.73 Å². The number of aryl methyl sites for hydroxylation is 2. The summed E-state index contributed by atoms with van der Waals surface area (Å²) in [5.41, 5.74) is 12.7. The summed E-state index contributed by atoms with van der Waals surface area (Å²) in [5, 5.41) is 3.33. The van der Waals surface area contributed by atoms with Crippen LogP contribution < -0.4 is 15.8 Å². The lowest BCUT2D eigenvalue weighted by molar-refractivity contribution is -0.516. The van der Waals surface area contributed by atoms with Gasteiger partial charge in [0.2, 0.25) is 5.65 Å². The van der Waals surface area contributed by atoms with Crippen LogP contribution in [0.25, 0.3) is 28.0 Å². The number of nitrogens with zero attached hydrogens (tertiary/aromatic N) is 5. The number of anilines is 1. The van der Waals surface area contributed by atoms with Crippen molar-refractivity contribution in [3.63, 3.8) is 0 Å². The fourth-order valence-corrected chi connectivity index (χ4v) is 4.24. The highest BCUT2D eigenvalue weighted by molar-refractivity contribution is 5.88. The average Bonchev–Trinajstić information content (AvgIpc) is 3.16. The van der Waals surface area contributed by atoms with Gasteiger partial charge in [0, 0.05) is 29.3 Å². The number of rotatable bonds is 4. The summed E-state index contributed by atoms with van der Waals surface area (Å²) < 4.78 is 3.01. The third kappa shape index (κ3) is 3.55. The number of nitrogens with one attached hydrogen (secondary N) is 1. The molecule has 0 spiro atoms. The predicted molar refractivity (Wildman–Crippen MR) is 127 cm³/mol. The van der Waals surface area contributed by atoms with Gasteiger partial charge in [-0.1, -0.05) is 30.3 Å². The summed E-state index contributed by atoms with van der Waals surface area (Å²) in [5.74, 6) is 0.122. The Kier molecular flexibility index (Phi) is 4.97. The first kappa shape index (κ1) is 20.6. The van der Waals surface area contributed by atoms with Crippen LogP contribution in [0, 0.1) is 13.8 Å². The van der Waals surface area contributed by atoms with E-state index >= 15 is 0 Å². The highest BCUT2D eigenvalue weighted by Crippen LogP contribution is 2.33. The van der Waals surface area contributed by atoms with Crippen LogP contribution in [0.1, 0.15) is 29.9 Å². The van der Waals surface area contributed by atoms with Gasteiger partial charge in [-0.25, -0.2) is 9.89 Å². The Morgan fingerprint density at radius 1 is 0.970 bits per heavy atom. The fourth-order valence-electron chi connectivity index (χ4n) is 4.24. The van der Waals surface area contributed by atoms with Gasteiger partial charge in [0.1, 0.15) is 11.7 Å². The van der Waals surface area contributed by atoms with Gasteiger partial charge in [0.25, 0.3) is 0 Å². The van der Waals surface area contributed by atoms with Crippen molar-refractivity contribution in [2.45, 2.75) is 26.8 Å². The van der Waals surface area contributed by atoms with Crippen LogP contribution in [0.2, 0.25) is 0 Å². The Morgan fingerprint density at radius 2 is 1.64 bits per heavy atom. The van der Waals surface area contributed by atoms with Crippen LogP contribution in [-0.4, -0.2) is 24.7 Å². The number of hydrogen-bond donors (Lipinski definition) is 2. The standard InChI is InChI=1S/C25H23N7O/c1-15-13-20(14-16(2)28-15)21-22(19-7-5-4-6-8-19)29-24(26)31-23(21)30-32(25(31)33)17(3)18-9-11-27-12-10-18/h4-14,17H,1-3H3,(H2,26,28,29,30)/p+1/t17-/m1/s1. The molecule has 0 aliphatic rings.